The monoisotopic (exact) mass is 239 g/mol. The molecule has 2 N–H and O–H groups in total. The van der Waals surface area contributed by atoms with Crippen LogP contribution < -0.4 is 34.5 Å². The van der Waals surface area contributed by atoms with Crippen LogP contribution in [0.1, 0.15) is 20.8 Å². The molecule has 7 heteroatoms. The first-order chi connectivity index (χ1) is 5.08. The van der Waals surface area contributed by atoms with Crippen LogP contribution in [0.25, 0.3) is 0 Å². The summed E-state index contributed by atoms with van der Waals surface area (Å²) in [6.45, 7) is 6.82. The van der Waals surface area contributed by atoms with Gasteiger partial charge < -0.3 is 10.4 Å². The SMILES string of the molecule is CC[S+](CC)CC.O=[P+]([O-])O.[Na+].[OH-]. The quantitative estimate of drug-likeness (QED) is 0.334. The van der Waals surface area contributed by atoms with Gasteiger partial charge in [-0.2, -0.15) is 4.89 Å². The van der Waals surface area contributed by atoms with Crippen molar-refractivity contribution >= 4 is 19.1 Å². The minimum Gasteiger partial charge on any atom is -0.870 e. The van der Waals surface area contributed by atoms with Crippen LogP contribution in [0.3, 0.4) is 0 Å². The van der Waals surface area contributed by atoms with E-state index in [-0.39, 0.29) is 35.0 Å². The van der Waals surface area contributed by atoms with Crippen LogP contribution in [0.2, 0.25) is 0 Å². The normalized spacial score (nSPS) is 8.92. The van der Waals surface area contributed by atoms with Gasteiger partial charge in [0.25, 0.3) is 0 Å². The molecule has 0 aromatic carbocycles. The summed E-state index contributed by atoms with van der Waals surface area (Å²) in [7, 11) is -2.37. The maximum atomic E-state index is 8.59. The Morgan fingerprint density at radius 1 is 1.23 bits per heavy atom. The molecule has 0 aliphatic heterocycles. The molecule has 1 unspecified atom stereocenters. The Balaban J connectivity index is -0.0000000600. The zero-order valence-electron chi connectivity index (χ0n) is 8.69. The van der Waals surface area contributed by atoms with E-state index in [0.29, 0.717) is 0 Å². The van der Waals surface area contributed by atoms with Crippen LogP contribution in [-0.2, 0) is 15.5 Å². The third-order valence-electron chi connectivity index (χ3n) is 1.22. The van der Waals surface area contributed by atoms with Crippen molar-refractivity contribution in [3.8, 4) is 0 Å². The van der Waals surface area contributed by atoms with Crippen molar-refractivity contribution in [1.82, 2.24) is 0 Å². The molecule has 0 aromatic rings. The Bertz CT molecular complexity index is 93.1. The molecule has 0 bridgehead atoms. The molecule has 1 atom stereocenters. The molecule has 13 heavy (non-hydrogen) atoms. The van der Waals surface area contributed by atoms with Gasteiger partial charge in [0.1, 0.15) is 17.3 Å². The fourth-order valence-electron chi connectivity index (χ4n) is 0.612. The molecule has 4 nitrogen and oxygen atoms in total. The molecule has 0 rings (SSSR count). The third kappa shape index (κ3) is 31.8. The van der Waals surface area contributed by atoms with Gasteiger partial charge in [-0.05, 0) is 36.2 Å². The average Bonchev–Trinajstić information content (AvgIpc) is 1.90. The van der Waals surface area contributed by atoms with E-state index in [1.165, 1.54) is 17.3 Å². The zero-order chi connectivity index (χ0) is 9.28. The van der Waals surface area contributed by atoms with E-state index < -0.39 is 8.25 Å². The van der Waals surface area contributed by atoms with Gasteiger partial charge in [-0.3, -0.25) is 0 Å². The maximum Gasteiger partial charge on any atom is 1.00 e. The van der Waals surface area contributed by atoms with Crippen molar-refractivity contribution in [3.63, 3.8) is 0 Å². The molecule has 0 aliphatic carbocycles. The summed E-state index contributed by atoms with van der Waals surface area (Å²) in [5.74, 6) is 4.15. The molecule has 0 aliphatic rings. The first-order valence-corrected chi connectivity index (χ1v) is 6.41. The zero-order valence-corrected chi connectivity index (χ0v) is 12.4. The predicted molar refractivity (Wildman–Crippen MR) is 50.7 cm³/mol. The summed E-state index contributed by atoms with van der Waals surface area (Å²) in [6, 6.07) is 0. The molecule has 0 radical (unpaired) electrons. The minimum atomic E-state index is -3.12. The van der Waals surface area contributed by atoms with Crippen LogP contribution in [0, 0.1) is 0 Å². The van der Waals surface area contributed by atoms with Crippen LogP contribution in [-0.4, -0.2) is 27.6 Å². The van der Waals surface area contributed by atoms with Crippen molar-refractivity contribution in [3.05, 3.63) is 0 Å². The number of rotatable bonds is 3. The van der Waals surface area contributed by atoms with Crippen LogP contribution in [0.5, 0.6) is 0 Å². The predicted octanol–water partition coefficient (Wildman–Crippen LogP) is -2.51. The standard InChI is InChI=1S/C6H15S.Na.HO3P.H2O/c1-4-7(5-2)6-3;;1-4(2)3;/h4-6H2,1-3H3;;(H,1,2,3);1H2/q2*+1;;/p-1. The maximum absolute atomic E-state index is 8.59. The molecule has 0 saturated carbocycles. The van der Waals surface area contributed by atoms with Gasteiger partial charge in [0.15, 0.2) is 0 Å². The number of hydrogen-bond acceptors (Lipinski definition) is 3. The molecule has 0 saturated heterocycles. The molecule has 0 heterocycles. The van der Waals surface area contributed by atoms with Gasteiger partial charge in [-0.1, -0.05) is 0 Å². The summed E-state index contributed by atoms with van der Waals surface area (Å²) in [6.07, 6.45) is 0. The topological polar surface area (TPSA) is 90.4 Å². The van der Waals surface area contributed by atoms with Crippen LogP contribution in [0.4, 0.5) is 0 Å². The molecular formula is C6H17NaO4PS+. The first-order valence-electron chi connectivity index (χ1n) is 3.55. The third-order valence-corrected chi connectivity index (χ3v) is 3.67. The number of hydrogen-bond donors (Lipinski definition) is 1. The second-order valence-corrected chi connectivity index (χ2v) is 5.15. The fraction of sp³-hybridized carbons (Fsp3) is 1.00. The molecule has 0 fully saturated rings. The van der Waals surface area contributed by atoms with Crippen LogP contribution >= 0.6 is 8.25 Å². The summed E-state index contributed by atoms with van der Waals surface area (Å²) < 4.78 is 8.59. The Labute approximate surface area is 106 Å². The smallest absolute Gasteiger partial charge is 0.870 e. The molecular weight excluding hydrogens is 222 g/mol. The summed E-state index contributed by atoms with van der Waals surface area (Å²) in [5.41, 5.74) is 0. The van der Waals surface area contributed by atoms with Crippen molar-refractivity contribution in [2.24, 2.45) is 0 Å². The van der Waals surface area contributed by atoms with E-state index in [9.17, 15) is 0 Å². The van der Waals surface area contributed by atoms with E-state index in [0.717, 1.165) is 10.9 Å². The summed E-state index contributed by atoms with van der Waals surface area (Å²) in [5, 5.41) is 0. The Kier molecular flexibility index (Phi) is 34.9. The second kappa shape index (κ2) is 19.0. The van der Waals surface area contributed by atoms with Crippen molar-refractivity contribution in [1.29, 1.82) is 0 Å². The first kappa shape index (κ1) is 23.9. The average molecular weight is 239 g/mol. The molecule has 76 valence electrons. The van der Waals surface area contributed by atoms with E-state index in [1.807, 2.05) is 0 Å². The van der Waals surface area contributed by atoms with Gasteiger partial charge in [-0.15, -0.1) is 0 Å². The van der Waals surface area contributed by atoms with Crippen LogP contribution in [0.15, 0.2) is 0 Å². The second-order valence-electron chi connectivity index (χ2n) is 1.72. The molecule has 0 aromatic heterocycles. The van der Waals surface area contributed by atoms with Gasteiger partial charge in [-0.25, -0.2) is 0 Å². The minimum absolute atomic E-state index is 0. The van der Waals surface area contributed by atoms with E-state index in [4.69, 9.17) is 14.4 Å². The van der Waals surface area contributed by atoms with E-state index >= 15 is 0 Å². The van der Waals surface area contributed by atoms with Gasteiger partial charge >= 0.3 is 37.8 Å². The Morgan fingerprint density at radius 2 is 1.38 bits per heavy atom. The summed E-state index contributed by atoms with van der Waals surface area (Å²) >= 11 is 0. The van der Waals surface area contributed by atoms with Gasteiger partial charge in [0.05, 0.1) is 0 Å². The Morgan fingerprint density at radius 3 is 1.38 bits per heavy atom. The van der Waals surface area contributed by atoms with Crippen molar-refractivity contribution < 1.29 is 49.4 Å². The molecule has 0 spiro atoms. The van der Waals surface area contributed by atoms with E-state index in [2.05, 4.69) is 20.8 Å². The molecule has 0 amide bonds. The van der Waals surface area contributed by atoms with Gasteiger partial charge in [0.2, 0.25) is 0 Å². The van der Waals surface area contributed by atoms with Gasteiger partial charge in [0, 0.05) is 0 Å². The van der Waals surface area contributed by atoms with Crippen molar-refractivity contribution in [2.75, 3.05) is 17.3 Å². The van der Waals surface area contributed by atoms with E-state index in [1.54, 1.807) is 0 Å². The van der Waals surface area contributed by atoms with Crippen molar-refractivity contribution in [2.45, 2.75) is 20.8 Å². The summed E-state index contributed by atoms with van der Waals surface area (Å²) in [4.78, 5) is 15.6. The largest absolute Gasteiger partial charge is 1.00 e. The Hall–Kier alpha value is 1.33. The fourth-order valence-corrected chi connectivity index (χ4v) is 1.84.